The smallest absolute Gasteiger partial charge is 0.310 e. The Balaban J connectivity index is 1.65. The van der Waals surface area contributed by atoms with Crippen molar-refractivity contribution in [3.63, 3.8) is 0 Å². The molecule has 1 fully saturated rings. The summed E-state index contributed by atoms with van der Waals surface area (Å²) < 4.78 is 58.4. The number of benzene rings is 2. The number of halogens is 2. The van der Waals surface area contributed by atoms with Crippen molar-refractivity contribution in [2.24, 2.45) is 5.92 Å². The van der Waals surface area contributed by atoms with Crippen LogP contribution in [-0.2, 0) is 26.2 Å². The monoisotopic (exact) mass is 395 g/mol. The van der Waals surface area contributed by atoms with E-state index < -0.39 is 33.5 Å². The quantitative estimate of drug-likeness (QED) is 0.730. The van der Waals surface area contributed by atoms with Gasteiger partial charge >= 0.3 is 5.97 Å². The minimum absolute atomic E-state index is 0.0180. The van der Waals surface area contributed by atoms with E-state index in [-0.39, 0.29) is 30.2 Å². The first-order valence-electron chi connectivity index (χ1n) is 8.53. The molecule has 1 saturated heterocycles. The summed E-state index contributed by atoms with van der Waals surface area (Å²) in [6.45, 7) is 0.0549. The molecular formula is C19H19F2NO4S. The van der Waals surface area contributed by atoms with Crippen molar-refractivity contribution in [3.05, 3.63) is 65.7 Å². The molecule has 1 unspecified atom stereocenters. The molecule has 3 rings (SSSR count). The zero-order valence-electron chi connectivity index (χ0n) is 14.5. The first-order chi connectivity index (χ1) is 12.9. The molecule has 0 radical (unpaired) electrons. The van der Waals surface area contributed by atoms with Gasteiger partial charge in [-0.3, -0.25) is 4.79 Å². The largest absolute Gasteiger partial charge is 0.460 e. The van der Waals surface area contributed by atoms with E-state index >= 15 is 0 Å². The Morgan fingerprint density at radius 3 is 2.52 bits per heavy atom. The second-order valence-corrected chi connectivity index (χ2v) is 8.29. The van der Waals surface area contributed by atoms with Gasteiger partial charge in [-0.25, -0.2) is 17.2 Å². The number of hydrogen-bond acceptors (Lipinski definition) is 4. The van der Waals surface area contributed by atoms with Crippen molar-refractivity contribution in [2.45, 2.75) is 24.3 Å². The van der Waals surface area contributed by atoms with Gasteiger partial charge < -0.3 is 4.74 Å². The highest BCUT2D eigenvalue weighted by Gasteiger charge is 2.34. The zero-order valence-corrected chi connectivity index (χ0v) is 15.3. The molecule has 0 aliphatic carbocycles. The lowest BCUT2D eigenvalue weighted by atomic mass is 10.00. The SMILES string of the molecule is O=C(OCc1ccccc1F)C1CCCN(S(=O)(=O)c2ccc(F)cc2)C1. The molecule has 1 aliphatic rings. The first kappa shape index (κ1) is 19.4. The summed E-state index contributed by atoms with van der Waals surface area (Å²) in [4.78, 5) is 12.3. The molecule has 1 atom stereocenters. The molecule has 0 aromatic heterocycles. The van der Waals surface area contributed by atoms with Crippen LogP contribution in [0.15, 0.2) is 53.4 Å². The van der Waals surface area contributed by atoms with E-state index in [4.69, 9.17) is 4.74 Å². The van der Waals surface area contributed by atoms with Crippen molar-refractivity contribution in [3.8, 4) is 0 Å². The highest BCUT2D eigenvalue weighted by molar-refractivity contribution is 7.89. The van der Waals surface area contributed by atoms with Crippen LogP contribution in [0.25, 0.3) is 0 Å². The normalized spacial score (nSPS) is 18.2. The summed E-state index contributed by atoms with van der Waals surface area (Å²) in [7, 11) is -3.82. The second-order valence-electron chi connectivity index (χ2n) is 6.36. The number of piperidine rings is 1. The maximum atomic E-state index is 13.6. The molecule has 5 nitrogen and oxygen atoms in total. The number of carbonyl (C=O) groups is 1. The van der Waals surface area contributed by atoms with Crippen molar-refractivity contribution >= 4 is 16.0 Å². The van der Waals surface area contributed by atoms with Crippen LogP contribution >= 0.6 is 0 Å². The Kier molecular flexibility index (Phi) is 5.86. The van der Waals surface area contributed by atoms with Gasteiger partial charge in [-0.1, -0.05) is 18.2 Å². The molecule has 0 amide bonds. The molecule has 27 heavy (non-hydrogen) atoms. The van der Waals surface area contributed by atoms with Crippen LogP contribution in [0.1, 0.15) is 18.4 Å². The Labute approximate surface area is 156 Å². The minimum atomic E-state index is -3.82. The number of nitrogens with zero attached hydrogens (tertiary/aromatic N) is 1. The van der Waals surface area contributed by atoms with E-state index in [1.54, 1.807) is 12.1 Å². The lowest BCUT2D eigenvalue weighted by Gasteiger charge is -2.30. The molecular weight excluding hydrogens is 376 g/mol. The fourth-order valence-electron chi connectivity index (χ4n) is 2.99. The summed E-state index contributed by atoms with van der Waals surface area (Å²) in [6, 6.07) is 10.5. The number of carbonyl (C=O) groups excluding carboxylic acids is 1. The molecule has 2 aromatic rings. The van der Waals surface area contributed by atoms with Gasteiger partial charge in [0.2, 0.25) is 10.0 Å². The van der Waals surface area contributed by atoms with E-state index in [2.05, 4.69) is 0 Å². The van der Waals surface area contributed by atoms with E-state index in [1.165, 1.54) is 28.6 Å². The van der Waals surface area contributed by atoms with Crippen molar-refractivity contribution in [2.75, 3.05) is 13.1 Å². The van der Waals surface area contributed by atoms with Gasteiger partial charge in [-0.15, -0.1) is 0 Å². The van der Waals surface area contributed by atoms with E-state index in [1.807, 2.05) is 0 Å². The maximum absolute atomic E-state index is 13.6. The average Bonchev–Trinajstić information content (AvgIpc) is 2.67. The van der Waals surface area contributed by atoms with Gasteiger partial charge in [0, 0.05) is 18.7 Å². The molecule has 0 bridgehead atoms. The van der Waals surface area contributed by atoms with Crippen LogP contribution in [0.2, 0.25) is 0 Å². The van der Waals surface area contributed by atoms with Crippen LogP contribution < -0.4 is 0 Å². The summed E-state index contributed by atoms with van der Waals surface area (Å²) in [5, 5.41) is 0. The summed E-state index contributed by atoms with van der Waals surface area (Å²) in [5.41, 5.74) is 0.262. The molecule has 144 valence electrons. The van der Waals surface area contributed by atoms with E-state index in [0.717, 1.165) is 12.1 Å². The fourth-order valence-corrected chi connectivity index (χ4v) is 4.51. The number of esters is 1. The van der Waals surface area contributed by atoms with E-state index in [0.29, 0.717) is 12.8 Å². The number of ether oxygens (including phenoxy) is 1. The van der Waals surface area contributed by atoms with Crippen molar-refractivity contribution < 1.29 is 26.7 Å². The Morgan fingerprint density at radius 2 is 1.81 bits per heavy atom. The molecule has 0 spiro atoms. The van der Waals surface area contributed by atoms with Gasteiger partial charge in [0.1, 0.15) is 18.2 Å². The van der Waals surface area contributed by atoms with Crippen molar-refractivity contribution in [1.82, 2.24) is 4.31 Å². The molecule has 1 aliphatic heterocycles. The van der Waals surface area contributed by atoms with Gasteiger partial charge in [0.15, 0.2) is 0 Å². The Bertz CT molecular complexity index is 916. The maximum Gasteiger partial charge on any atom is 0.310 e. The highest BCUT2D eigenvalue weighted by atomic mass is 32.2. The van der Waals surface area contributed by atoms with Crippen LogP contribution in [0.4, 0.5) is 8.78 Å². The lowest BCUT2D eigenvalue weighted by molar-refractivity contribution is -0.151. The number of rotatable bonds is 5. The predicted octanol–water partition coefficient (Wildman–Crippen LogP) is 3.11. The lowest BCUT2D eigenvalue weighted by Crippen LogP contribution is -2.42. The van der Waals surface area contributed by atoms with E-state index in [9.17, 15) is 22.0 Å². The standard InChI is InChI=1S/C19H19F2NO4S/c20-16-7-9-17(10-8-16)27(24,25)22-11-3-5-14(12-22)19(23)26-13-15-4-1-2-6-18(15)21/h1-2,4,6-10,14H,3,5,11-13H2. The summed E-state index contributed by atoms with van der Waals surface area (Å²) >= 11 is 0. The molecule has 8 heteroatoms. The summed E-state index contributed by atoms with van der Waals surface area (Å²) in [5.74, 6) is -2.17. The van der Waals surface area contributed by atoms with Gasteiger partial charge in [-0.2, -0.15) is 4.31 Å². The topological polar surface area (TPSA) is 63.7 Å². The third-order valence-corrected chi connectivity index (χ3v) is 6.38. The predicted molar refractivity (Wildman–Crippen MR) is 94.1 cm³/mol. The van der Waals surface area contributed by atoms with Crippen molar-refractivity contribution in [1.29, 1.82) is 0 Å². The van der Waals surface area contributed by atoms with Gasteiger partial charge in [-0.05, 0) is 43.2 Å². The zero-order chi connectivity index (χ0) is 19.4. The Hall–Kier alpha value is -2.32. The Morgan fingerprint density at radius 1 is 1.11 bits per heavy atom. The molecule has 0 saturated carbocycles. The first-order valence-corrected chi connectivity index (χ1v) is 9.97. The fraction of sp³-hybridized carbons (Fsp3) is 0.316. The third-order valence-electron chi connectivity index (χ3n) is 4.50. The molecule has 0 N–H and O–H groups in total. The molecule has 2 aromatic carbocycles. The van der Waals surface area contributed by atoms with Crippen LogP contribution in [0.5, 0.6) is 0 Å². The minimum Gasteiger partial charge on any atom is -0.460 e. The van der Waals surface area contributed by atoms with Crippen LogP contribution in [-0.4, -0.2) is 31.8 Å². The molecule has 1 heterocycles. The number of hydrogen-bond donors (Lipinski definition) is 0. The van der Waals surface area contributed by atoms with Crippen LogP contribution in [0, 0.1) is 17.6 Å². The third kappa shape index (κ3) is 4.51. The second kappa shape index (κ2) is 8.14. The number of sulfonamides is 1. The van der Waals surface area contributed by atoms with Gasteiger partial charge in [0.25, 0.3) is 0 Å². The average molecular weight is 395 g/mol. The summed E-state index contributed by atoms with van der Waals surface area (Å²) in [6.07, 6.45) is 0.992. The van der Waals surface area contributed by atoms with Crippen LogP contribution in [0.3, 0.4) is 0 Å². The highest BCUT2D eigenvalue weighted by Crippen LogP contribution is 2.25. The van der Waals surface area contributed by atoms with Gasteiger partial charge in [0.05, 0.1) is 10.8 Å².